The van der Waals surface area contributed by atoms with Gasteiger partial charge in [-0.25, -0.2) is 9.97 Å². The van der Waals surface area contributed by atoms with E-state index in [0.29, 0.717) is 5.13 Å². The smallest absolute Gasteiger partial charge is 0.246 e. The van der Waals surface area contributed by atoms with Crippen LogP contribution in [0.5, 0.6) is 0 Å². The number of hydrogen-bond donors (Lipinski definition) is 1. The molecule has 3 aromatic rings. The quantitative estimate of drug-likeness (QED) is 0.805. The minimum Gasteiger partial charge on any atom is -0.321 e. The van der Waals surface area contributed by atoms with E-state index in [-0.39, 0.29) is 19.9 Å². The van der Waals surface area contributed by atoms with Crippen LogP contribution in [-0.2, 0) is 11.3 Å². The van der Waals surface area contributed by atoms with E-state index in [0.717, 1.165) is 15.9 Å². The lowest BCUT2D eigenvalue weighted by atomic mass is 10.3. The number of rotatable bonds is 3. The maximum atomic E-state index is 11.9. The maximum Gasteiger partial charge on any atom is 0.246 e. The number of carbonyl (C=O) groups is 1. The van der Waals surface area contributed by atoms with Crippen molar-refractivity contribution in [1.29, 1.82) is 0 Å². The van der Waals surface area contributed by atoms with E-state index in [1.54, 1.807) is 12.5 Å². The fourth-order valence-electron chi connectivity index (χ4n) is 1.86. The average Bonchev–Trinajstić information content (AvgIpc) is 2.97. The molecule has 0 spiro atoms. The molecule has 2 heterocycles. The molecule has 0 saturated carbocycles. The molecule has 3 rings (SSSR count). The molecule has 1 amide bonds. The van der Waals surface area contributed by atoms with Crippen molar-refractivity contribution in [2.45, 2.75) is 20.9 Å². The van der Waals surface area contributed by atoms with Crippen LogP contribution in [0.1, 0.15) is 12.3 Å². The second-order valence-corrected chi connectivity index (χ2v) is 5.42. The van der Waals surface area contributed by atoms with Crippen molar-refractivity contribution in [3.05, 3.63) is 41.7 Å². The van der Waals surface area contributed by atoms with Gasteiger partial charge in [0.2, 0.25) is 5.91 Å². The van der Waals surface area contributed by atoms with Crippen LogP contribution in [0.15, 0.2) is 36.8 Å². The van der Waals surface area contributed by atoms with Crippen LogP contribution in [0.3, 0.4) is 0 Å². The fraction of sp³-hybridized carbons (Fsp3) is 0.214. The normalized spacial score (nSPS) is 10.2. The zero-order valence-electron chi connectivity index (χ0n) is 10.3. The first-order valence-electron chi connectivity index (χ1n) is 5.84. The molecule has 0 aliphatic rings. The summed E-state index contributed by atoms with van der Waals surface area (Å²) < 4.78 is 1.82. The second kappa shape index (κ2) is 5.83. The molecule has 0 unspecified atom stereocenters. The zero-order valence-corrected chi connectivity index (χ0v) is 11.1. The molecule has 1 aromatic carbocycles. The Morgan fingerprint density at radius 2 is 2.15 bits per heavy atom. The third kappa shape index (κ3) is 2.85. The molecule has 0 atom stereocenters. The molecule has 0 bridgehead atoms. The largest absolute Gasteiger partial charge is 0.321 e. The SMILES string of the molecule is C.Cc1cnc(NC(=O)Cn2cnc3ccccc32)s1. The summed E-state index contributed by atoms with van der Waals surface area (Å²) in [5.41, 5.74) is 1.84. The van der Waals surface area contributed by atoms with Gasteiger partial charge in [0.1, 0.15) is 6.54 Å². The van der Waals surface area contributed by atoms with Gasteiger partial charge < -0.3 is 9.88 Å². The Morgan fingerprint density at radius 3 is 2.90 bits per heavy atom. The van der Waals surface area contributed by atoms with Crippen molar-refractivity contribution in [2.75, 3.05) is 5.32 Å². The van der Waals surface area contributed by atoms with E-state index in [1.807, 2.05) is 35.8 Å². The fourth-order valence-corrected chi connectivity index (χ4v) is 2.54. The summed E-state index contributed by atoms with van der Waals surface area (Å²) in [6.45, 7) is 2.19. The highest BCUT2D eigenvalue weighted by Crippen LogP contribution is 2.17. The van der Waals surface area contributed by atoms with Gasteiger partial charge >= 0.3 is 0 Å². The molecule has 5 nitrogen and oxygen atoms in total. The number of nitrogens with zero attached hydrogens (tertiary/aromatic N) is 3. The number of imidazole rings is 1. The van der Waals surface area contributed by atoms with Crippen molar-refractivity contribution < 1.29 is 4.79 Å². The van der Waals surface area contributed by atoms with E-state index in [9.17, 15) is 4.79 Å². The summed E-state index contributed by atoms with van der Waals surface area (Å²) >= 11 is 1.46. The topological polar surface area (TPSA) is 59.8 Å². The van der Waals surface area contributed by atoms with Crippen molar-refractivity contribution in [3.63, 3.8) is 0 Å². The lowest BCUT2D eigenvalue weighted by molar-refractivity contribution is -0.116. The van der Waals surface area contributed by atoms with Crippen LogP contribution >= 0.6 is 11.3 Å². The summed E-state index contributed by atoms with van der Waals surface area (Å²) in [4.78, 5) is 21.4. The lowest BCUT2D eigenvalue weighted by Crippen LogP contribution is -2.18. The summed E-state index contributed by atoms with van der Waals surface area (Å²) in [5.74, 6) is -0.0995. The Balaban J connectivity index is 0.00000147. The molecule has 0 radical (unpaired) electrons. The summed E-state index contributed by atoms with van der Waals surface area (Å²) in [6.07, 6.45) is 3.42. The lowest BCUT2D eigenvalue weighted by Gasteiger charge is -2.03. The molecule has 0 saturated heterocycles. The summed E-state index contributed by atoms with van der Waals surface area (Å²) in [6, 6.07) is 7.73. The number of aromatic nitrogens is 3. The van der Waals surface area contributed by atoms with Crippen LogP contribution in [0.4, 0.5) is 5.13 Å². The Labute approximate surface area is 121 Å². The molecule has 2 aromatic heterocycles. The summed E-state index contributed by atoms with van der Waals surface area (Å²) in [7, 11) is 0. The van der Waals surface area contributed by atoms with Gasteiger partial charge in [-0.05, 0) is 19.1 Å². The number of hydrogen-bond acceptors (Lipinski definition) is 4. The number of anilines is 1. The Kier molecular flexibility index (Phi) is 4.14. The highest BCUT2D eigenvalue weighted by molar-refractivity contribution is 7.15. The van der Waals surface area contributed by atoms with E-state index in [2.05, 4.69) is 15.3 Å². The molecule has 6 heteroatoms. The van der Waals surface area contributed by atoms with Crippen molar-refractivity contribution in [1.82, 2.24) is 14.5 Å². The Morgan fingerprint density at radius 1 is 1.35 bits per heavy atom. The van der Waals surface area contributed by atoms with Gasteiger partial charge in [-0.3, -0.25) is 4.79 Å². The summed E-state index contributed by atoms with van der Waals surface area (Å²) in [5, 5.41) is 3.42. The number of nitrogens with one attached hydrogen (secondary N) is 1. The number of para-hydroxylation sites is 2. The number of carbonyl (C=O) groups excluding carboxylic acids is 1. The monoisotopic (exact) mass is 288 g/mol. The third-order valence-corrected chi connectivity index (χ3v) is 3.54. The average molecular weight is 288 g/mol. The molecule has 0 fully saturated rings. The highest BCUT2D eigenvalue weighted by Gasteiger charge is 2.08. The molecular weight excluding hydrogens is 272 g/mol. The third-order valence-electron chi connectivity index (χ3n) is 2.71. The van der Waals surface area contributed by atoms with Crippen LogP contribution in [0.2, 0.25) is 0 Å². The minimum absolute atomic E-state index is 0. The van der Waals surface area contributed by atoms with E-state index >= 15 is 0 Å². The van der Waals surface area contributed by atoms with E-state index < -0.39 is 0 Å². The Bertz CT molecular complexity index is 731. The minimum atomic E-state index is -0.0995. The zero-order chi connectivity index (χ0) is 13.2. The van der Waals surface area contributed by atoms with Gasteiger partial charge in [-0.2, -0.15) is 0 Å². The van der Waals surface area contributed by atoms with Crippen LogP contribution in [0.25, 0.3) is 11.0 Å². The molecule has 1 N–H and O–H groups in total. The molecule has 104 valence electrons. The first kappa shape index (κ1) is 14.2. The van der Waals surface area contributed by atoms with Gasteiger partial charge in [0, 0.05) is 11.1 Å². The molecule has 0 aliphatic carbocycles. The number of benzene rings is 1. The van der Waals surface area contributed by atoms with Crippen molar-refractivity contribution in [2.24, 2.45) is 0 Å². The number of aryl methyl sites for hydroxylation is 1. The van der Waals surface area contributed by atoms with Gasteiger partial charge in [-0.1, -0.05) is 19.6 Å². The first-order valence-corrected chi connectivity index (χ1v) is 6.66. The second-order valence-electron chi connectivity index (χ2n) is 4.19. The maximum absolute atomic E-state index is 11.9. The van der Waals surface area contributed by atoms with Gasteiger partial charge in [0.25, 0.3) is 0 Å². The Hall–Kier alpha value is -2.21. The van der Waals surface area contributed by atoms with E-state index in [1.165, 1.54) is 11.3 Å². The predicted molar refractivity (Wildman–Crippen MR) is 81.9 cm³/mol. The standard InChI is InChI=1S/C13H12N4OS.CH4/c1-9-6-14-13(19-9)16-12(18)7-17-8-15-10-4-2-3-5-11(10)17;/h2-6,8H,7H2,1H3,(H,14,16,18);1H4. The van der Waals surface area contributed by atoms with Crippen LogP contribution in [-0.4, -0.2) is 20.4 Å². The van der Waals surface area contributed by atoms with Crippen LogP contribution in [0, 0.1) is 6.92 Å². The number of thiazole rings is 1. The van der Waals surface area contributed by atoms with Gasteiger partial charge in [-0.15, -0.1) is 11.3 Å². The molecule has 0 aliphatic heterocycles. The van der Waals surface area contributed by atoms with E-state index in [4.69, 9.17) is 0 Å². The predicted octanol–water partition coefficient (Wildman–Crippen LogP) is 3.08. The number of amides is 1. The van der Waals surface area contributed by atoms with Crippen molar-refractivity contribution >= 4 is 33.4 Å². The van der Waals surface area contributed by atoms with Gasteiger partial charge in [0.15, 0.2) is 5.13 Å². The highest BCUT2D eigenvalue weighted by atomic mass is 32.1. The van der Waals surface area contributed by atoms with Crippen molar-refractivity contribution in [3.8, 4) is 0 Å². The molecule has 20 heavy (non-hydrogen) atoms. The molecular formula is C14H16N4OS. The van der Waals surface area contributed by atoms with Crippen LogP contribution < -0.4 is 5.32 Å². The van der Waals surface area contributed by atoms with Gasteiger partial charge in [0.05, 0.1) is 17.4 Å². The number of fused-ring (bicyclic) bond motifs is 1. The first-order chi connectivity index (χ1) is 9.22.